The zero-order valence-electron chi connectivity index (χ0n) is 13.9. The number of guanidine groups is 1. The smallest absolute Gasteiger partial charge is 0.193 e. The topological polar surface area (TPSA) is 36.9 Å². The van der Waals surface area contributed by atoms with Gasteiger partial charge in [0, 0.05) is 33.8 Å². The molecule has 0 bridgehead atoms. The number of halogens is 1. The quantitative estimate of drug-likeness (QED) is 0.452. The third kappa shape index (κ3) is 6.16. The Bertz CT molecular complexity index is 294. The predicted molar refractivity (Wildman–Crippen MR) is 97.0 cm³/mol. The summed E-state index contributed by atoms with van der Waals surface area (Å²) >= 11 is 0. The van der Waals surface area contributed by atoms with Gasteiger partial charge in [0.05, 0.1) is 6.10 Å². The fourth-order valence-electron chi connectivity index (χ4n) is 2.48. The highest BCUT2D eigenvalue weighted by Gasteiger charge is 2.25. The molecular formula is C15H32IN3O. The maximum Gasteiger partial charge on any atom is 0.193 e. The SMILES string of the molecule is CN=C(NCC(OC)C(C)(C)C)N1CCC(C)CC1.I. The molecular weight excluding hydrogens is 365 g/mol. The van der Waals surface area contributed by atoms with Crippen molar-refractivity contribution in [1.82, 2.24) is 10.2 Å². The molecule has 0 aromatic rings. The number of nitrogens with one attached hydrogen (secondary N) is 1. The van der Waals surface area contributed by atoms with Gasteiger partial charge < -0.3 is 15.0 Å². The third-order valence-electron chi connectivity index (χ3n) is 3.99. The number of aliphatic imine (C=N–C) groups is 1. The van der Waals surface area contributed by atoms with E-state index in [4.69, 9.17) is 4.74 Å². The molecule has 1 atom stereocenters. The summed E-state index contributed by atoms with van der Waals surface area (Å²) in [6, 6.07) is 0. The number of hydrogen-bond acceptors (Lipinski definition) is 2. The molecule has 1 aliphatic heterocycles. The molecule has 0 amide bonds. The van der Waals surface area contributed by atoms with E-state index in [1.807, 2.05) is 7.05 Å². The second-order valence-electron chi connectivity index (χ2n) is 6.69. The van der Waals surface area contributed by atoms with Gasteiger partial charge in [-0.2, -0.15) is 0 Å². The fourth-order valence-corrected chi connectivity index (χ4v) is 2.48. The third-order valence-corrected chi connectivity index (χ3v) is 3.99. The van der Waals surface area contributed by atoms with Gasteiger partial charge in [0.2, 0.25) is 0 Å². The van der Waals surface area contributed by atoms with Crippen molar-refractivity contribution in [3.8, 4) is 0 Å². The zero-order valence-corrected chi connectivity index (χ0v) is 16.2. The average molecular weight is 397 g/mol. The molecule has 0 spiro atoms. The van der Waals surface area contributed by atoms with Crippen molar-refractivity contribution in [1.29, 1.82) is 0 Å². The molecule has 4 nitrogen and oxygen atoms in total. The number of ether oxygens (including phenoxy) is 1. The number of nitrogens with zero attached hydrogens (tertiary/aromatic N) is 2. The lowest BCUT2D eigenvalue weighted by Crippen LogP contribution is -2.49. The summed E-state index contributed by atoms with van der Waals surface area (Å²) in [5.74, 6) is 1.86. The normalized spacial score (nSPS) is 19.5. The van der Waals surface area contributed by atoms with Crippen LogP contribution in [-0.2, 0) is 4.74 Å². The molecule has 20 heavy (non-hydrogen) atoms. The zero-order chi connectivity index (χ0) is 14.5. The van der Waals surface area contributed by atoms with E-state index in [9.17, 15) is 0 Å². The van der Waals surface area contributed by atoms with Crippen LogP contribution in [0.25, 0.3) is 0 Å². The lowest BCUT2D eigenvalue weighted by molar-refractivity contribution is 0.0200. The van der Waals surface area contributed by atoms with Crippen LogP contribution in [0.3, 0.4) is 0 Å². The maximum absolute atomic E-state index is 5.58. The summed E-state index contributed by atoms with van der Waals surface area (Å²) in [6.07, 6.45) is 2.70. The van der Waals surface area contributed by atoms with E-state index in [1.165, 1.54) is 12.8 Å². The van der Waals surface area contributed by atoms with Gasteiger partial charge in [0.25, 0.3) is 0 Å². The first kappa shape index (κ1) is 20.0. The summed E-state index contributed by atoms with van der Waals surface area (Å²) < 4.78 is 5.58. The Hall–Kier alpha value is -0.0400. The standard InChI is InChI=1S/C15H31N3O.HI/c1-12-7-9-18(10-8-12)14(16-5)17-11-13(19-6)15(2,3)4;/h12-13H,7-11H2,1-6H3,(H,16,17);1H. The van der Waals surface area contributed by atoms with Crippen LogP contribution in [0.15, 0.2) is 4.99 Å². The van der Waals surface area contributed by atoms with Gasteiger partial charge in [-0.15, -0.1) is 24.0 Å². The number of rotatable bonds is 3. The minimum absolute atomic E-state index is 0. The molecule has 0 radical (unpaired) electrons. The van der Waals surface area contributed by atoms with Crippen LogP contribution in [0.2, 0.25) is 0 Å². The van der Waals surface area contributed by atoms with Crippen molar-refractivity contribution in [3.63, 3.8) is 0 Å². The van der Waals surface area contributed by atoms with Crippen LogP contribution in [0.1, 0.15) is 40.5 Å². The van der Waals surface area contributed by atoms with Gasteiger partial charge in [0.1, 0.15) is 0 Å². The Morgan fingerprint density at radius 2 is 1.90 bits per heavy atom. The lowest BCUT2D eigenvalue weighted by Gasteiger charge is -2.35. The second kappa shape index (κ2) is 9.07. The first-order chi connectivity index (χ1) is 8.88. The predicted octanol–water partition coefficient (Wildman–Crippen LogP) is 2.97. The van der Waals surface area contributed by atoms with E-state index in [-0.39, 0.29) is 35.5 Å². The number of likely N-dealkylation sites (tertiary alicyclic amines) is 1. The first-order valence-electron chi connectivity index (χ1n) is 7.37. The van der Waals surface area contributed by atoms with E-state index in [2.05, 4.69) is 42.9 Å². The molecule has 1 saturated heterocycles. The Morgan fingerprint density at radius 1 is 1.35 bits per heavy atom. The number of piperidine rings is 1. The molecule has 1 aliphatic rings. The number of methoxy groups -OCH3 is 1. The molecule has 1 fully saturated rings. The Balaban J connectivity index is 0.00000361. The Kier molecular flexibility index (Phi) is 9.06. The largest absolute Gasteiger partial charge is 0.379 e. The minimum atomic E-state index is 0. The average Bonchev–Trinajstić information content (AvgIpc) is 2.35. The van der Waals surface area contributed by atoms with Crippen molar-refractivity contribution in [2.75, 3.05) is 33.8 Å². The van der Waals surface area contributed by atoms with Crippen molar-refractivity contribution >= 4 is 29.9 Å². The van der Waals surface area contributed by atoms with Gasteiger partial charge in [-0.25, -0.2) is 0 Å². The molecule has 0 aromatic heterocycles. The molecule has 1 rings (SSSR count). The van der Waals surface area contributed by atoms with Crippen LogP contribution >= 0.6 is 24.0 Å². The summed E-state index contributed by atoms with van der Waals surface area (Å²) in [4.78, 5) is 6.76. The van der Waals surface area contributed by atoms with Crippen LogP contribution < -0.4 is 5.32 Å². The van der Waals surface area contributed by atoms with E-state index < -0.39 is 0 Å². The van der Waals surface area contributed by atoms with Crippen molar-refractivity contribution in [3.05, 3.63) is 0 Å². The summed E-state index contributed by atoms with van der Waals surface area (Å²) in [6.45, 7) is 11.9. The lowest BCUT2D eigenvalue weighted by atomic mass is 9.89. The van der Waals surface area contributed by atoms with Gasteiger partial charge in [-0.1, -0.05) is 27.7 Å². The Labute approximate surface area is 141 Å². The second-order valence-corrected chi connectivity index (χ2v) is 6.69. The van der Waals surface area contributed by atoms with E-state index >= 15 is 0 Å². The van der Waals surface area contributed by atoms with Crippen LogP contribution in [0.4, 0.5) is 0 Å². The van der Waals surface area contributed by atoms with E-state index in [0.29, 0.717) is 0 Å². The molecule has 0 aliphatic carbocycles. The molecule has 1 heterocycles. The highest BCUT2D eigenvalue weighted by Crippen LogP contribution is 2.21. The summed E-state index contributed by atoms with van der Waals surface area (Å²) in [5, 5.41) is 3.46. The van der Waals surface area contributed by atoms with Gasteiger partial charge in [0.15, 0.2) is 5.96 Å². The highest BCUT2D eigenvalue weighted by molar-refractivity contribution is 14.0. The van der Waals surface area contributed by atoms with Crippen molar-refractivity contribution < 1.29 is 4.74 Å². The van der Waals surface area contributed by atoms with E-state index in [1.54, 1.807) is 7.11 Å². The van der Waals surface area contributed by atoms with E-state index in [0.717, 1.165) is 31.5 Å². The summed E-state index contributed by atoms with van der Waals surface area (Å²) in [7, 11) is 3.64. The molecule has 0 saturated carbocycles. The molecule has 1 unspecified atom stereocenters. The van der Waals surface area contributed by atoms with Crippen molar-refractivity contribution in [2.24, 2.45) is 16.3 Å². The highest BCUT2D eigenvalue weighted by atomic mass is 127. The Morgan fingerprint density at radius 3 is 2.30 bits per heavy atom. The maximum atomic E-state index is 5.58. The van der Waals surface area contributed by atoms with Crippen LogP contribution in [0.5, 0.6) is 0 Å². The van der Waals surface area contributed by atoms with Crippen LogP contribution in [-0.4, -0.2) is 50.8 Å². The molecule has 1 N–H and O–H groups in total. The summed E-state index contributed by atoms with van der Waals surface area (Å²) in [5.41, 5.74) is 0.136. The molecule has 5 heteroatoms. The van der Waals surface area contributed by atoms with Crippen LogP contribution in [0, 0.1) is 11.3 Å². The fraction of sp³-hybridized carbons (Fsp3) is 0.933. The van der Waals surface area contributed by atoms with Gasteiger partial charge >= 0.3 is 0 Å². The van der Waals surface area contributed by atoms with Gasteiger partial charge in [-0.05, 0) is 24.2 Å². The van der Waals surface area contributed by atoms with Gasteiger partial charge in [-0.3, -0.25) is 4.99 Å². The molecule has 120 valence electrons. The minimum Gasteiger partial charge on any atom is -0.379 e. The number of hydrogen-bond donors (Lipinski definition) is 1. The molecule has 0 aromatic carbocycles. The van der Waals surface area contributed by atoms with Crippen molar-refractivity contribution in [2.45, 2.75) is 46.6 Å². The monoisotopic (exact) mass is 397 g/mol. The first-order valence-corrected chi connectivity index (χ1v) is 7.37.